The Morgan fingerprint density at radius 2 is 1.15 bits per heavy atom. The highest BCUT2D eigenvalue weighted by Crippen LogP contribution is 2.39. The highest BCUT2D eigenvalue weighted by molar-refractivity contribution is 6.25. The van der Waals surface area contributed by atoms with Crippen molar-refractivity contribution in [2.24, 2.45) is 0 Å². The molecular formula is C37H22FN3. The van der Waals surface area contributed by atoms with Crippen molar-refractivity contribution >= 4 is 32.3 Å². The first kappa shape index (κ1) is 23.4. The first-order chi connectivity index (χ1) is 20.2. The van der Waals surface area contributed by atoms with Gasteiger partial charge >= 0.3 is 0 Å². The highest BCUT2D eigenvalue weighted by Gasteiger charge is 2.16. The molecule has 0 saturated heterocycles. The average Bonchev–Trinajstić information content (AvgIpc) is 3.04. The monoisotopic (exact) mass is 527 g/mol. The van der Waals surface area contributed by atoms with E-state index in [0.29, 0.717) is 5.82 Å². The summed E-state index contributed by atoms with van der Waals surface area (Å²) in [6.07, 6.45) is 3.63. The Hall–Kier alpha value is -5.48. The fraction of sp³-hybridized carbons (Fsp3) is 0. The van der Waals surface area contributed by atoms with E-state index < -0.39 is 0 Å². The van der Waals surface area contributed by atoms with Crippen molar-refractivity contribution in [2.45, 2.75) is 0 Å². The Labute approximate surface area is 236 Å². The molecule has 0 saturated carbocycles. The number of hydrogen-bond donors (Lipinski definition) is 0. The van der Waals surface area contributed by atoms with Crippen molar-refractivity contribution in [3.63, 3.8) is 0 Å². The van der Waals surface area contributed by atoms with Gasteiger partial charge < -0.3 is 0 Å². The van der Waals surface area contributed by atoms with E-state index in [0.717, 1.165) is 44.6 Å². The maximum atomic E-state index is 13.8. The van der Waals surface area contributed by atoms with Gasteiger partial charge in [-0.05, 0) is 86.4 Å². The molecule has 0 fully saturated rings. The predicted octanol–water partition coefficient (Wildman–Crippen LogP) is 9.58. The Bertz CT molecular complexity index is 2190. The third-order valence-corrected chi connectivity index (χ3v) is 7.79. The summed E-state index contributed by atoms with van der Waals surface area (Å²) in [4.78, 5) is 14.5. The first-order valence-corrected chi connectivity index (χ1v) is 13.5. The summed E-state index contributed by atoms with van der Waals surface area (Å²) in [5, 5.41) is 7.20. The van der Waals surface area contributed by atoms with E-state index in [4.69, 9.17) is 9.97 Å². The number of halogens is 1. The van der Waals surface area contributed by atoms with Crippen LogP contribution in [0.2, 0.25) is 0 Å². The normalized spacial score (nSPS) is 11.5. The van der Waals surface area contributed by atoms with Gasteiger partial charge in [-0.15, -0.1) is 0 Å². The minimum absolute atomic E-state index is 0.279. The number of aromatic nitrogens is 3. The second kappa shape index (κ2) is 9.32. The zero-order valence-electron chi connectivity index (χ0n) is 21.9. The molecule has 0 bridgehead atoms. The summed E-state index contributed by atoms with van der Waals surface area (Å²) >= 11 is 0. The molecule has 41 heavy (non-hydrogen) atoms. The van der Waals surface area contributed by atoms with Crippen LogP contribution in [0.3, 0.4) is 0 Å². The van der Waals surface area contributed by atoms with Crippen molar-refractivity contribution in [1.82, 2.24) is 15.0 Å². The van der Waals surface area contributed by atoms with Gasteiger partial charge in [0.05, 0.1) is 11.4 Å². The number of benzene rings is 6. The molecule has 192 valence electrons. The minimum Gasteiger partial charge on any atom is -0.264 e. The molecule has 4 heteroatoms. The van der Waals surface area contributed by atoms with Crippen molar-refractivity contribution in [3.05, 3.63) is 140 Å². The summed E-state index contributed by atoms with van der Waals surface area (Å²) < 4.78 is 13.8. The van der Waals surface area contributed by atoms with Crippen LogP contribution >= 0.6 is 0 Å². The lowest BCUT2D eigenvalue weighted by atomic mass is 9.91. The van der Waals surface area contributed by atoms with Crippen LogP contribution in [0.5, 0.6) is 0 Å². The fourth-order valence-electron chi connectivity index (χ4n) is 5.81. The van der Waals surface area contributed by atoms with E-state index in [1.54, 1.807) is 18.3 Å². The maximum absolute atomic E-state index is 13.8. The minimum atomic E-state index is -0.279. The quantitative estimate of drug-likeness (QED) is 0.214. The zero-order chi connectivity index (χ0) is 27.3. The van der Waals surface area contributed by atoms with E-state index in [2.05, 4.69) is 77.8 Å². The molecule has 2 heterocycles. The van der Waals surface area contributed by atoms with E-state index in [1.807, 2.05) is 30.5 Å². The topological polar surface area (TPSA) is 38.7 Å². The molecule has 0 N–H and O–H groups in total. The third kappa shape index (κ3) is 4.00. The van der Waals surface area contributed by atoms with Crippen molar-refractivity contribution in [3.8, 4) is 45.0 Å². The van der Waals surface area contributed by atoms with Gasteiger partial charge in [-0.2, -0.15) is 0 Å². The van der Waals surface area contributed by atoms with E-state index in [9.17, 15) is 4.39 Å². The molecule has 6 aromatic carbocycles. The van der Waals surface area contributed by atoms with Crippen LogP contribution in [0.15, 0.2) is 134 Å². The van der Waals surface area contributed by atoms with Crippen LogP contribution in [0.4, 0.5) is 4.39 Å². The molecule has 8 rings (SSSR count). The maximum Gasteiger partial charge on any atom is 0.161 e. The summed E-state index contributed by atoms with van der Waals surface area (Å²) in [6, 6.07) is 40.1. The van der Waals surface area contributed by atoms with Crippen molar-refractivity contribution < 1.29 is 4.39 Å². The summed E-state index contributed by atoms with van der Waals surface area (Å²) in [7, 11) is 0. The van der Waals surface area contributed by atoms with Gasteiger partial charge in [-0.3, -0.25) is 4.98 Å². The molecule has 0 aliphatic carbocycles. The highest BCUT2D eigenvalue weighted by atomic mass is 19.1. The smallest absolute Gasteiger partial charge is 0.161 e. The third-order valence-electron chi connectivity index (χ3n) is 7.79. The van der Waals surface area contributed by atoms with Gasteiger partial charge in [0.25, 0.3) is 0 Å². The second-order valence-corrected chi connectivity index (χ2v) is 10.3. The van der Waals surface area contributed by atoms with Crippen LogP contribution in [0, 0.1) is 5.82 Å². The molecule has 0 spiro atoms. The Morgan fingerprint density at radius 1 is 0.488 bits per heavy atom. The van der Waals surface area contributed by atoms with Crippen LogP contribution in [0.25, 0.3) is 77.3 Å². The van der Waals surface area contributed by atoms with Crippen molar-refractivity contribution in [2.75, 3.05) is 0 Å². The molecular weight excluding hydrogens is 505 g/mol. The summed E-state index contributed by atoms with van der Waals surface area (Å²) in [6.45, 7) is 0. The zero-order valence-corrected chi connectivity index (χ0v) is 21.9. The second-order valence-electron chi connectivity index (χ2n) is 10.3. The fourth-order valence-corrected chi connectivity index (χ4v) is 5.81. The van der Waals surface area contributed by atoms with Crippen LogP contribution in [0.1, 0.15) is 0 Å². The number of rotatable bonds is 4. The lowest BCUT2D eigenvalue weighted by Gasteiger charge is -2.15. The molecule has 3 nitrogen and oxygen atoms in total. The molecule has 0 radical (unpaired) electrons. The first-order valence-electron chi connectivity index (χ1n) is 13.5. The van der Waals surface area contributed by atoms with Crippen LogP contribution in [-0.2, 0) is 0 Å². The van der Waals surface area contributed by atoms with Gasteiger partial charge in [0.15, 0.2) is 5.82 Å². The molecule has 0 aliphatic heterocycles. The van der Waals surface area contributed by atoms with Gasteiger partial charge in [-0.1, -0.05) is 72.8 Å². The van der Waals surface area contributed by atoms with Crippen LogP contribution < -0.4 is 0 Å². The lowest BCUT2D eigenvalue weighted by molar-refractivity contribution is 0.628. The molecule has 0 unspecified atom stereocenters. The standard InChI is InChI=1S/C37H22FN3/c38-30-15-11-23(12-16-30)33-21-34(28-7-2-6-27(20-28)29-8-3-19-39-22-29)41-37(40-33)32-18-14-26-10-9-24-4-1-5-25-13-17-31(32)36(26)35(24)25/h1-22H. The van der Waals surface area contributed by atoms with Gasteiger partial charge in [0.1, 0.15) is 5.82 Å². The van der Waals surface area contributed by atoms with Gasteiger partial charge in [0.2, 0.25) is 0 Å². The predicted molar refractivity (Wildman–Crippen MR) is 165 cm³/mol. The summed E-state index contributed by atoms with van der Waals surface area (Å²) in [5.74, 6) is 0.353. The molecule has 2 aromatic heterocycles. The number of pyridine rings is 1. The Kier molecular flexibility index (Phi) is 5.32. The Morgan fingerprint density at radius 3 is 1.93 bits per heavy atom. The molecule has 0 aliphatic rings. The lowest BCUT2D eigenvalue weighted by Crippen LogP contribution is -1.97. The number of hydrogen-bond acceptors (Lipinski definition) is 3. The SMILES string of the molecule is Fc1ccc(-c2cc(-c3cccc(-c4cccnc4)c3)nc(-c3ccc4ccc5cccc6ccc3c4c56)n2)cc1. The molecule has 8 aromatic rings. The van der Waals surface area contributed by atoms with Crippen LogP contribution in [-0.4, -0.2) is 15.0 Å². The summed E-state index contributed by atoms with van der Waals surface area (Å²) in [5.41, 5.74) is 6.39. The van der Waals surface area contributed by atoms with E-state index in [-0.39, 0.29) is 5.82 Å². The van der Waals surface area contributed by atoms with Gasteiger partial charge in [-0.25, -0.2) is 14.4 Å². The van der Waals surface area contributed by atoms with Crippen molar-refractivity contribution in [1.29, 1.82) is 0 Å². The van der Waals surface area contributed by atoms with E-state index >= 15 is 0 Å². The van der Waals surface area contributed by atoms with Gasteiger partial charge in [0, 0.05) is 34.6 Å². The van der Waals surface area contributed by atoms with E-state index in [1.165, 1.54) is 39.1 Å². The molecule has 0 amide bonds. The Balaban J connectivity index is 1.38. The molecule has 0 atom stereocenters. The largest absolute Gasteiger partial charge is 0.264 e. The number of nitrogens with zero attached hydrogens (tertiary/aromatic N) is 3. The average molecular weight is 528 g/mol.